The highest BCUT2D eigenvalue weighted by atomic mass is 16.5. The van der Waals surface area contributed by atoms with Crippen LogP contribution in [0.3, 0.4) is 0 Å². The maximum atomic E-state index is 11.8. The van der Waals surface area contributed by atoms with Gasteiger partial charge in [-0.1, -0.05) is 5.11 Å². The first-order chi connectivity index (χ1) is 9.24. The van der Waals surface area contributed by atoms with Crippen LogP contribution in [0.1, 0.15) is 24.1 Å². The topological polar surface area (TPSA) is 113 Å². The molecule has 1 aliphatic rings. The Morgan fingerprint density at radius 1 is 1.37 bits per heavy atom. The quantitative estimate of drug-likeness (QED) is 0.366. The average molecular weight is 265 g/mol. The summed E-state index contributed by atoms with van der Waals surface area (Å²) in [5.41, 5.74) is 8.84. The van der Waals surface area contributed by atoms with Crippen molar-refractivity contribution in [1.29, 1.82) is 0 Å². The molecule has 0 amide bonds. The van der Waals surface area contributed by atoms with Crippen molar-refractivity contribution >= 4 is 0 Å². The largest absolute Gasteiger partial charge is 0.360 e. The molecule has 0 atom stereocenters. The number of hydrogen-bond donors (Lipinski definition) is 1. The van der Waals surface area contributed by atoms with Gasteiger partial charge in [-0.25, -0.2) is 4.79 Å². The van der Waals surface area contributed by atoms with Gasteiger partial charge in [-0.3, -0.25) is 14.3 Å². The lowest BCUT2D eigenvalue weighted by Gasteiger charge is -2.19. The molecule has 1 heterocycles. The zero-order valence-electron chi connectivity index (χ0n) is 10.5. The van der Waals surface area contributed by atoms with E-state index in [4.69, 9.17) is 10.3 Å². The number of azide groups is 1. The summed E-state index contributed by atoms with van der Waals surface area (Å²) in [4.78, 5) is 28.4. The van der Waals surface area contributed by atoms with E-state index in [2.05, 4.69) is 15.0 Å². The van der Waals surface area contributed by atoms with Gasteiger partial charge in [-0.15, -0.1) is 0 Å². The fourth-order valence-corrected chi connectivity index (χ4v) is 2.24. The summed E-state index contributed by atoms with van der Waals surface area (Å²) in [5.74, 6) is 0. The molecule has 0 bridgehead atoms. The number of nitrogens with zero attached hydrogens (tertiary/aromatic N) is 4. The summed E-state index contributed by atoms with van der Waals surface area (Å²) < 4.78 is 6.73. The van der Waals surface area contributed by atoms with Crippen molar-refractivity contribution in [2.75, 3.05) is 13.2 Å². The van der Waals surface area contributed by atoms with Gasteiger partial charge in [0.05, 0.1) is 6.61 Å². The Bertz CT molecular complexity index is 612. The molecule has 2 rings (SSSR count). The van der Waals surface area contributed by atoms with Gasteiger partial charge in [0.15, 0.2) is 0 Å². The zero-order valence-corrected chi connectivity index (χ0v) is 10.5. The summed E-state index contributed by atoms with van der Waals surface area (Å²) in [6.07, 6.45) is 3.35. The van der Waals surface area contributed by atoms with E-state index in [-0.39, 0.29) is 25.4 Å². The molecule has 0 aromatic carbocycles. The van der Waals surface area contributed by atoms with Crippen molar-refractivity contribution in [2.24, 2.45) is 5.11 Å². The highest BCUT2D eigenvalue weighted by Gasteiger charge is 2.17. The number of aromatic amines is 1. The highest BCUT2D eigenvalue weighted by molar-refractivity contribution is 5.20. The number of aromatic nitrogens is 2. The third kappa shape index (κ3) is 3.04. The molecule has 0 radical (unpaired) electrons. The molecule has 0 fully saturated rings. The lowest BCUT2D eigenvalue weighted by Crippen LogP contribution is -2.37. The van der Waals surface area contributed by atoms with E-state index in [9.17, 15) is 9.59 Å². The molecule has 1 N–H and O–H groups in total. The van der Waals surface area contributed by atoms with Gasteiger partial charge in [-0.05, 0) is 31.2 Å². The Morgan fingerprint density at radius 2 is 2.16 bits per heavy atom. The van der Waals surface area contributed by atoms with Gasteiger partial charge in [0.2, 0.25) is 0 Å². The summed E-state index contributed by atoms with van der Waals surface area (Å²) >= 11 is 0. The second-order valence-electron chi connectivity index (χ2n) is 4.31. The monoisotopic (exact) mass is 265 g/mol. The van der Waals surface area contributed by atoms with Gasteiger partial charge in [0.1, 0.15) is 6.73 Å². The van der Waals surface area contributed by atoms with Crippen molar-refractivity contribution in [2.45, 2.75) is 32.4 Å². The van der Waals surface area contributed by atoms with E-state index >= 15 is 0 Å². The number of hydrogen-bond acceptors (Lipinski definition) is 4. The molecule has 0 spiro atoms. The lowest BCUT2D eigenvalue weighted by atomic mass is 9.97. The molecule has 1 aromatic heterocycles. The molecule has 0 aliphatic heterocycles. The fourth-order valence-electron chi connectivity index (χ4n) is 2.24. The standard InChI is InChI=1S/C11H15N5O3/c12-15-13-5-6-19-7-16-9-4-2-1-3-8(9)10(17)14-11(16)18/h1-7H2,(H,14,17,18). The maximum absolute atomic E-state index is 11.8. The summed E-state index contributed by atoms with van der Waals surface area (Å²) in [6, 6.07) is 0. The normalized spacial score (nSPS) is 13.7. The fraction of sp³-hybridized carbons (Fsp3) is 0.636. The van der Waals surface area contributed by atoms with Crippen LogP contribution in [-0.2, 0) is 24.3 Å². The van der Waals surface area contributed by atoms with E-state index < -0.39 is 5.69 Å². The van der Waals surface area contributed by atoms with E-state index in [0.29, 0.717) is 18.4 Å². The SMILES string of the molecule is [N-]=[N+]=NCCOCn1c2c(c(=O)[nH]c1=O)CCCC2. The molecular weight excluding hydrogens is 250 g/mol. The summed E-state index contributed by atoms with van der Waals surface area (Å²) in [6.45, 7) is 0.528. The minimum Gasteiger partial charge on any atom is -0.360 e. The van der Waals surface area contributed by atoms with Crippen LogP contribution in [0, 0.1) is 0 Å². The molecule has 19 heavy (non-hydrogen) atoms. The first kappa shape index (κ1) is 13.4. The smallest absolute Gasteiger partial charge is 0.330 e. The van der Waals surface area contributed by atoms with Crippen LogP contribution in [0.5, 0.6) is 0 Å². The Labute approximate surface area is 108 Å². The van der Waals surface area contributed by atoms with Crippen LogP contribution >= 0.6 is 0 Å². The van der Waals surface area contributed by atoms with E-state index in [1.54, 1.807) is 0 Å². The summed E-state index contributed by atoms with van der Waals surface area (Å²) in [7, 11) is 0. The Balaban J connectivity index is 2.18. The third-order valence-corrected chi connectivity index (χ3v) is 3.12. The third-order valence-electron chi connectivity index (χ3n) is 3.12. The molecule has 1 aliphatic carbocycles. The Morgan fingerprint density at radius 3 is 2.95 bits per heavy atom. The number of rotatable bonds is 5. The predicted octanol–water partition coefficient (Wildman–Crippen LogP) is 0.700. The average Bonchev–Trinajstić information content (AvgIpc) is 2.42. The molecule has 8 heteroatoms. The second-order valence-corrected chi connectivity index (χ2v) is 4.31. The van der Waals surface area contributed by atoms with E-state index in [1.165, 1.54) is 4.57 Å². The minimum atomic E-state index is -0.450. The van der Waals surface area contributed by atoms with Crippen LogP contribution in [-0.4, -0.2) is 22.7 Å². The second kappa shape index (κ2) is 6.21. The van der Waals surface area contributed by atoms with Gasteiger partial charge in [0.25, 0.3) is 5.56 Å². The van der Waals surface area contributed by atoms with Crippen LogP contribution in [0.15, 0.2) is 14.7 Å². The molecule has 0 saturated carbocycles. The van der Waals surface area contributed by atoms with Crippen LogP contribution in [0.2, 0.25) is 0 Å². The maximum Gasteiger partial charge on any atom is 0.330 e. The number of H-pyrrole nitrogens is 1. The van der Waals surface area contributed by atoms with Crippen LogP contribution in [0.4, 0.5) is 0 Å². The van der Waals surface area contributed by atoms with E-state index in [1.807, 2.05) is 0 Å². The number of ether oxygens (including phenoxy) is 1. The van der Waals surface area contributed by atoms with Crippen molar-refractivity contribution in [1.82, 2.24) is 9.55 Å². The molecule has 0 saturated heterocycles. The van der Waals surface area contributed by atoms with Crippen LogP contribution < -0.4 is 11.2 Å². The van der Waals surface area contributed by atoms with Gasteiger partial charge >= 0.3 is 5.69 Å². The van der Waals surface area contributed by atoms with Gasteiger partial charge in [0, 0.05) is 22.7 Å². The van der Waals surface area contributed by atoms with Gasteiger partial charge in [-0.2, -0.15) is 0 Å². The molecular formula is C11H15N5O3. The zero-order chi connectivity index (χ0) is 13.7. The van der Waals surface area contributed by atoms with Crippen molar-refractivity contribution in [3.63, 3.8) is 0 Å². The highest BCUT2D eigenvalue weighted by Crippen LogP contribution is 2.16. The first-order valence-corrected chi connectivity index (χ1v) is 6.17. The summed E-state index contributed by atoms with van der Waals surface area (Å²) in [5, 5.41) is 3.34. The van der Waals surface area contributed by atoms with Gasteiger partial charge < -0.3 is 4.74 Å². The molecule has 1 aromatic rings. The Kier molecular flexibility index (Phi) is 4.38. The van der Waals surface area contributed by atoms with Crippen molar-refractivity contribution < 1.29 is 4.74 Å². The lowest BCUT2D eigenvalue weighted by molar-refractivity contribution is 0.0771. The van der Waals surface area contributed by atoms with Crippen molar-refractivity contribution in [3.8, 4) is 0 Å². The predicted molar refractivity (Wildman–Crippen MR) is 67.9 cm³/mol. The number of nitrogens with one attached hydrogen (secondary N) is 1. The molecule has 8 nitrogen and oxygen atoms in total. The van der Waals surface area contributed by atoms with Crippen LogP contribution in [0.25, 0.3) is 10.4 Å². The van der Waals surface area contributed by atoms with E-state index in [0.717, 1.165) is 18.5 Å². The first-order valence-electron chi connectivity index (χ1n) is 6.17. The number of fused-ring (bicyclic) bond motifs is 1. The van der Waals surface area contributed by atoms with Crippen molar-refractivity contribution in [3.05, 3.63) is 42.5 Å². The molecule has 0 unspecified atom stereocenters. The minimum absolute atomic E-state index is 0.0683. The Hall–Kier alpha value is -2.05. The molecule has 102 valence electrons.